The van der Waals surface area contributed by atoms with Crippen LogP contribution in [0.25, 0.3) is 0 Å². The van der Waals surface area contributed by atoms with Gasteiger partial charge in [0.25, 0.3) is 5.22 Å². The number of rotatable bonds is 6. The standard InChI is InChI=1S/C12H12N4O2S2/c1-3-4-13-10(17)7-20-12-16-15-11(18-12)5-9-6-19-8(2)14-9/h1,6H,4-5,7H2,2H3,(H,13,17). The maximum Gasteiger partial charge on any atom is 0.277 e. The van der Waals surface area contributed by atoms with Crippen LogP contribution in [0.5, 0.6) is 0 Å². The van der Waals surface area contributed by atoms with Crippen molar-refractivity contribution in [2.45, 2.75) is 18.6 Å². The van der Waals surface area contributed by atoms with Gasteiger partial charge in [-0.3, -0.25) is 4.79 Å². The third kappa shape index (κ3) is 4.36. The minimum atomic E-state index is -0.164. The molecule has 2 aromatic heterocycles. The SMILES string of the molecule is C#CCNC(=O)CSc1nnc(Cc2csc(C)n2)o1. The molecule has 2 heterocycles. The Labute approximate surface area is 124 Å². The zero-order valence-electron chi connectivity index (χ0n) is 10.8. The fraction of sp³-hybridized carbons (Fsp3) is 0.333. The number of nitrogens with one attached hydrogen (secondary N) is 1. The summed E-state index contributed by atoms with van der Waals surface area (Å²) in [4.78, 5) is 15.7. The topological polar surface area (TPSA) is 80.9 Å². The number of hydrogen-bond donors (Lipinski definition) is 1. The average Bonchev–Trinajstić information content (AvgIpc) is 3.04. The van der Waals surface area contributed by atoms with Crippen molar-refractivity contribution in [3.05, 3.63) is 22.0 Å². The minimum absolute atomic E-state index is 0.164. The Bertz CT molecular complexity index is 629. The van der Waals surface area contributed by atoms with Gasteiger partial charge >= 0.3 is 0 Å². The summed E-state index contributed by atoms with van der Waals surface area (Å²) in [5.41, 5.74) is 0.902. The van der Waals surface area contributed by atoms with Gasteiger partial charge in [-0.25, -0.2) is 4.98 Å². The van der Waals surface area contributed by atoms with Crippen molar-refractivity contribution in [1.29, 1.82) is 0 Å². The Hall–Kier alpha value is -1.85. The molecule has 0 spiro atoms. The van der Waals surface area contributed by atoms with Gasteiger partial charge in [0.15, 0.2) is 0 Å². The molecule has 0 aliphatic rings. The molecule has 0 saturated carbocycles. The first kappa shape index (κ1) is 14.6. The van der Waals surface area contributed by atoms with Crippen molar-refractivity contribution in [2.24, 2.45) is 0 Å². The molecule has 1 amide bonds. The van der Waals surface area contributed by atoms with E-state index in [1.807, 2.05) is 12.3 Å². The highest BCUT2D eigenvalue weighted by Crippen LogP contribution is 2.18. The monoisotopic (exact) mass is 308 g/mol. The molecule has 0 saturated heterocycles. The molecule has 0 radical (unpaired) electrons. The summed E-state index contributed by atoms with van der Waals surface area (Å²) >= 11 is 2.75. The quantitative estimate of drug-likeness (QED) is 0.639. The van der Waals surface area contributed by atoms with E-state index < -0.39 is 0 Å². The predicted molar refractivity (Wildman–Crippen MR) is 76.5 cm³/mol. The number of hydrogen-bond acceptors (Lipinski definition) is 7. The second kappa shape index (κ2) is 7.07. The van der Waals surface area contributed by atoms with Crippen molar-refractivity contribution in [3.63, 3.8) is 0 Å². The van der Waals surface area contributed by atoms with Gasteiger partial charge in [-0.1, -0.05) is 17.7 Å². The van der Waals surface area contributed by atoms with Crippen molar-refractivity contribution >= 4 is 29.0 Å². The molecule has 20 heavy (non-hydrogen) atoms. The number of terminal acetylenes is 1. The molecular weight excluding hydrogens is 296 g/mol. The Morgan fingerprint density at radius 1 is 1.60 bits per heavy atom. The van der Waals surface area contributed by atoms with E-state index in [-0.39, 0.29) is 18.2 Å². The van der Waals surface area contributed by atoms with E-state index in [1.165, 1.54) is 11.8 Å². The first-order valence-electron chi connectivity index (χ1n) is 5.73. The van der Waals surface area contributed by atoms with E-state index in [2.05, 4.69) is 26.4 Å². The van der Waals surface area contributed by atoms with Crippen molar-refractivity contribution in [1.82, 2.24) is 20.5 Å². The third-order valence-electron chi connectivity index (χ3n) is 2.16. The highest BCUT2D eigenvalue weighted by atomic mass is 32.2. The molecule has 2 rings (SSSR count). The first-order valence-corrected chi connectivity index (χ1v) is 7.60. The summed E-state index contributed by atoms with van der Waals surface area (Å²) in [6.07, 6.45) is 5.55. The fourth-order valence-electron chi connectivity index (χ4n) is 1.34. The van der Waals surface area contributed by atoms with Crippen LogP contribution in [0.3, 0.4) is 0 Å². The zero-order valence-corrected chi connectivity index (χ0v) is 12.4. The molecule has 2 aromatic rings. The van der Waals surface area contributed by atoms with Crippen molar-refractivity contribution in [2.75, 3.05) is 12.3 Å². The van der Waals surface area contributed by atoms with Gasteiger partial charge < -0.3 is 9.73 Å². The van der Waals surface area contributed by atoms with Crippen molar-refractivity contribution in [3.8, 4) is 12.3 Å². The van der Waals surface area contributed by atoms with Crippen LogP contribution < -0.4 is 5.32 Å². The molecule has 8 heteroatoms. The first-order chi connectivity index (χ1) is 9.67. The molecular formula is C12H12N4O2S2. The van der Waals surface area contributed by atoms with E-state index in [0.29, 0.717) is 17.5 Å². The Morgan fingerprint density at radius 3 is 3.15 bits per heavy atom. The minimum Gasteiger partial charge on any atom is -0.416 e. The second-order valence-corrected chi connectivity index (χ2v) is 5.75. The molecule has 0 aromatic carbocycles. The van der Waals surface area contributed by atoms with E-state index in [1.54, 1.807) is 11.3 Å². The molecule has 0 bridgehead atoms. The number of amides is 1. The van der Waals surface area contributed by atoms with Gasteiger partial charge in [-0.2, -0.15) is 0 Å². The molecule has 1 N–H and O–H groups in total. The number of thiazole rings is 1. The summed E-state index contributed by atoms with van der Waals surface area (Å²) in [5, 5.41) is 13.7. The van der Waals surface area contributed by atoms with Crippen molar-refractivity contribution < 1.29 is 9.21 Å². The highest BCUT2D eigenvalue weighted by Gasteiger charge is 2.11. The molecule has 0 atom stereocenters. The number of thioether (sulfide) groups is 1. The van der Waals surface area contributed by atoms with Gasteiger partial charge in [0.05, 0.1) is 29.4 Å². The molecule has 104 valence electrons. The second-order valence-electron chi connectivity index (χ2n) is 3.77. The van der Waals surface area contributed by atoms with Crippen LogP contribution in [0, 0.1) is 19.3 Å². The number of carbonyl (C=O) groups is 1. The lowest BCUT2D eigenvalue weighted by atomic mass is 10.3. The van der Waals surface area contributed by atoms with E-state index in [4.69, 9.17) is 10.8 Å². The summed E-state index contributed by atoms with van der Waals surface area (Å²) < 4.78 is 5.44. The van der Waals surface area contributed by atoms with Crippen LogP contribution in [-0.4, -0.2) is 33.4 Å². The molecule has 0 aliphatic carbocycles. The van der Waals surface area contributed by atoms with Gasteiger partial charge in [0.1, 0.15) is 0 Å². The third-order valence-corrected chi connectivity index (χ3v) is 3.80. The van der Waals surface area contributed by atoms with Crippen LogP contribution in [-0.2, 0) is 11.2 Å². The van der Waals surface area contributed by atoms with Crippen LogP contribution >= 0.6 is 23.1 Å². The Balaban J connectivity index is 1.83. The van der Waals surface area contributed by atoms with Gasteiger partial charge in [-0.15, -0.1) is 28.0 Å². The van der Waals surface area contributed by atoms with Crippen LogP contribution in [0.15, 0.2) is 15.0 Å². The summed E-state index contributed by atoms with van der Waals surface area (Å²) in [6, 6.07) is 0. The van der Waals surface area contributed by atoms with Crippen LogP contribution in [0.4, 0.5) is 0 Å². The zero-order chi connectivity index (χ0) is 14.4. The lowest BCUT2D eigenvalue weighted by Crippen LogP contribution is -2.25. The molecule has 6 nitrogen and oxygen atoms in total. The number of carbonyl (C=O) groups excluding carboxylic acids is 1. The molecule has 0 unspecified atom stereocenters. The summed E-state index contributed by atoms with van der Waals surface area (Å²) in [7, 11) is 0. The number of nitrogens with zero attached hydrogens (tertiary/aromatic N) is 3. The van der Waals surface area contributed by atoms with Gasteiger partial charge in [-0.05, 0) is 6.92 Å². The normalized spacial score (nSPS) is 10.2. The number of aryl methyl sites for hydroxylation is 1. The lowest BCUT2D eigenvalue weighted by Gasteiger charge is -1.97. The molecule has 0 aliphatic heterocycles. The van der Waals surface area contributed by atoms with Crippen LogP contribution in [0.1, 0.15) is 16.6 Å². The van der Waals surface area contributed by atoms with Crippen LogP contribution in [0.2, 0.25) is 0 Å². The van der Waals surface area contributed by atoms with E-state index in [9.17, 15) is 4.79 Å². The average molecular weight is 308 g/mol. The summed E-state index contributed by atoms with van der Waals surface area (Å²) in [6.45, 7) is 2.16. The fourth-order valence-corrected chi connectivity index (χ4v) is 2.56. The summed E-state index contributed by atoms with van der Waals surface area (Å²) in [5.74, 6) is 2.85. The smallest absolute Gasteiger partial charge is 0.277 e. The predicted octanol–water partition coefficient (Wildman–Crippen LogP) is 1.27. The van der Waals surface area contributed by atoms with Gasteiger partial charge in [0, 0.05) is 5.38 Å². The van der Waals surface area contributed by atoms with E-state index >= 15 is 0 Å². The molecule has 0 fully saturated rings. The maximum absolute atomic E-state index is 11.3. The Morgan fingerprint density at radius 2 is 2.45 bits per heavy atom. The maximum atomic E-state index is 11.3. The Kier molecular flexibility index (Phi) is 5.15. The lowest BCUT2D eigenvalue weighted by molar-refractivity contribution is -0.118. The van der Waals surface area contributed by atoms with E-state index in [0.717, 1.165) is 10.7 Å². The highest BCUT2D eigenvalue weighted by molar-refractivity contribution is 7.99. The largest absolute Gasteiger partial charge is 0.416 e. The number of aromatic nitrogens is 3. The van der Waals surface area contributed by atoms with Gasteiger partial charge in [0.2, 0.25) is 11.8 Å².